The summed E-state index contributed by atoms with van der Waals surface area (Å²) in [5, 5.41) is 11.9. The van der Waals surface area contributed by atoms with Crippen molar-refractivity contribution in [3.63, 3.8) is 0 Å². The molecule has 0 aromatic rings. The first-order valence-electron chi connectivity index (χ1n) is 5.21. The van der Waals surface area contributed by atoms with Crippen LogP contribution in [0.4, 0.5) is 0 Å². The van der Waals surface area contributed by atoms with E-state index < -0.39 is 23.3 Å². The van der Waals surface area contributed by atoms with E-state index in [4.69, 9.17) is 10.8 Å². The van der Waals surface area contributed by atoms with Crippen LogP contribution in [0, 0.1) is 5.92 Å². The van der Waals surface area contributed by atoms with Crippen molar-refractivity contribution in [2.24, 2.45) is 11.7 Å². The Balaban J connectivity index is 2.61. The van der Waals surface area contributed by atoms with Gasteiger partial charge < -0.3 is 16.2 Å². The predicted molar refractivity (Wildman–Crippen MR) is 55.2 cm³/mol. The van der Waals surface area contributed by atoms with Gasteiger partial charge in [0.1, 0.15) is 0 Å². The molecule has 5 nitrogen and oxygen atoms in total. The molecule has 1 rings (SSSR count). The Morgan fingerprint density at radius 2 is 2.13 bits per heavy atom. The summed E-state index contributed by atoms with van der Waals surface area (Å²) in [7, 11) is 0. The van der Waals surface area contributed by atoms with Crippen LogP contribution in [0.5, 0.6) is 0 Å². The van der Waals surface area contributed by atoms with E-state index in [1.807, 2.05) is 13.8 Å². The molecule has 5 heteroatoms. The smallest absolute Gasteiger partial charge is 0.306 e. The fourth-order valence-electron chi connectivity index (χ4n) is 1.92. The maximum atomic E-state index is 11.3. The second kappa shape index (κ2) is 4.18. The predicted octanol–water partition coefficient (Wildman–Crippen LogP) is 0.0932. The number of carbonyl (C=O) groups is 2. The van der Waals surface area contributed by atoms with E-state index >= 15 is 0 Å². The summed E-state index contributed by atoms with van der Waals surface area (Å²) >= 11 is 0. The molecule has 1 unspecified atom stereocenters. The van der Waals surface area contributed by atoms with Crippen LogP contribution >= 0.6 is 0 Å². The number of hydrogen-bond donors (Lipinski definition) is 3. The molecule has 0 saturated heterocycles. The zero-order valence-corrected chi connectivity index (χ0v) is 9.12. The van der Waals surface area contributed by atoms with E-state index in [-0.39, 0.29) is 6.04 Å². The van der Waals surface area contributed by atoms with Crippen LogP contribution in [-0.4, -0.2) is 28.6 Å². The van der Waals surface area contributed by atoms with Crippen molar-refractivity contribution in [3.05, 3.63) is 0 Å². The van der Waals surface area contributed by atoms with Crippen LogP contribution in [-0.2, 0) is 9.59 Å². The van der Waals surface area contributed by atoms with Crippen molar-refractivity contribution in [1.29, 1.82) is 0 Å². The normalized spacial score (nSPS) is 31.7. The van der Waals surface area contributed by atoms with Crippen molar-refractivity contribution < 1.29 is 14.7 Å². The minimum atomic E-state index is -0.849. The van der Waals surface area contributed by atoms with Gasteiger partial charge in [-0.25, -0.2) is 0 Å². The lowest BCUT2D eigenvalue weighted by molar-refractivity contribution is -0.151. The highest BCUT2D eigenvalue weighted by Gasteiger charge is 2.52. The summed E-state index contributed by atoms with van der Waals surface area (Å²) in [6.07, 6.45) is 1.50. The average molecular weight is 214 g/mol. The highest BCUT2D eigenvalue weighted by atomic mass is 16.4. The van der Waals surface area contributed by atoms with Crippen LogP contribution in [0.15, 0.2) is 0 Å². The summed E-state index contributed by atoms with van der Waals surface area (Å²) in [5.74, 6) is -1.73. The second-order valence-corrected chi connectivity index (χ2v) is 4.34. The number of rotatable bonds is 5. The lowest BCUT2D eigenvalue weighted by Crippen LogP contribution is -2.66. The number of nitrogens with one attached hydrogen (secondary N) is 1. The van der Waals surface area contributed by atoms with Gasteiger partial charge in [0.25, 0.3) is 0 Å². The minimum absolute atomic E-state index is 0.173. The van der Waals surface area contributed by atoms with Gasteiger partial charge in [0, 0.05) is 6.04 Å². The maximum absolute atomic E-state index is 11.3. The molecule has 0 bridgehead atoms. The molecular formula is C10H18N2O3. The average Bonchev–Trinajstić information content (AvgIpc) is 2.08. The SMILES string of the molecule is CCC(C)NC1(C(N)=O)CC(C(=O)O)C1. The number of carbonyl (C=O) groups excluding carboxylic acids is 1. The number of nitrogens with two attached hydrogens (primary N) is 1. The summed E-state index contributed by atoms with van der Waals surface area (Å²) in [6, 6.07) is 0.173. The molecule has 0 aliphatic heterocycles. The molecular weight excluding hydrogens is 196 g/mol. The van der Waals surface area contributed by atoms with E-state index in [1.165, 1.54) is 0 Å². The molecule has 1 amide bonds. The Kier molecular flexibility index (Phi) is 3.34. The Morgan fingerprint density at radius 3 is 2.47 bits per heavy atom. The van der Waals surface area contributed by atoms with E-state index in [0.717, 1.165) is 6.42 Å². The highest BCUT2D eigenvalue weighted by molar-refractivity contribution is 5.88. The van der Waals surface area contributed by atoms with Gasteiger partial charge in [0.15, 0.2) is 0 Å². The molecule has 4 N–H and O–H groups in total. The summed E-state index contributed by atoms with van der Waals surface area (Å²) < 4.78 is 0. The third kappa shape index (κ3) is 2.28. The lowest BCUT2D eigenvalue weighted by atomic mass is 9.67. The third-order valence-electron chi connectivity index (χ3n) is 3.15. The van der Waals surface area contributed by atoms with Gasteiger partial charge >= 0.3 is 5.97 Å². The number of carboxylic acids is 1. The van der Waals surface area contributed by atoms with Crippen LogP contribution in [0.1, 0.15) is 33.1 Å². The first-order valence-corrected chi connectivity index (χ1v) is 5.21. The van der Waals surface area contributed by atoms with Crippen molar-refractivity contribution >= 4 is 11.9 Å². The zero-order chi connectivity index (χ0) is 11.6. The molecule has 0 aromatic heterocycles. The van der Waals surface area contributed by atoms with Crippen LogP contribution < -0.4 is 11.1 Å². The molecule has 0 heterocycles. The van der Waals surface area contributed by atoms with Crippen LogP contribution in [0.3, 0.4) is 0 Å². The van der Waals surface area contributed by atoms with Crippen molar-refractivity contribution in [2.75, 3.05) is 0 Å². The molecule has 1 saturated carbocycles. The highest BCUT2D eigenvalue weighted by Crippen LogP contribution is 2.38. The van der Waals surface area contributed by atoms with Crippen molar-refractivity contribution in [1.82, 2.24) is 5.32 Å². The van der Waals surface area contributed by atoms with Gasteiger partial charge in [0.2, 0.25) is 5.91 Å². The molecule has 0 spiro atoms. The monoisotopic (exact) mass is 214 g/mol. The van der Waals surface area contributed by atoms with Gasteiger partial charge in [-0.05, 0) is 26.2 Å². The van der Waals surface area contributed by atoms with E-state index in [9.17, 15) is 9.59 Å². The van der Waals surface area contributed by atoms with E-state index in [0.29, 0.717) is 12.8 Å². The standard InChI is InChI=1S/C10H18N2O3/c1-3-6(2)12-10(9(11)15)4-7(5-10)8(13)14/h6-7,12H,3-5H2,1-2H3,(H2,11,15)(H,13,14). The number of aliphatic carboxylic acids is 1. The van der Waals surface area contributed by atoms with Crippen LogP contribution in [0.25, 0.3) is 0 Å². The lowest BCUT2D eigenvalue weighted by Gasteiger charge is -2.45. The van der Waals surface area contributed by atoms with Gasteiger partial charge in [-0.15, -0.1) is 0 Å². The van der Waals surface area contributed by atoms with Gasteiger partial charge in [0.05, 0.1) is 11.5 Å². The zero-order valence-electron chi connectivity index (χ0n) is 9.12. The summed E-state index contributed by atoms with van der Waals surface area (Å²) in [5.41, 5.74) is 4.51. The second-order valence-electron chi connectivity index (χ2n) is 4.34. The fourth-order valence-corrected chi connectivity index (χ4v) is 1.92. The number of carboxylic acid groups (broad SMARTS) is 1. The first-order chi connectivity index (χ1) is 6.91. The Morgan fingerprint density at radius 1 is 1.60 bits per heavy atom. The molecule has 0 aromatic carbocycles. The van der Waals surface area contributed by atoms with Gasteiger partial charge in [-0.3, -0.25) is 9.59 Å². The molecule has 86 valence electrons. The van der Waals surface area contributed by atoms with Crippen molar-refractivity contribution in [3.8, 4) is 0 Å². The number of primary amides is 1. The molecule has 1 fully saturated rings. The van der Waals surface area contributed by atoms with Crippen molar-refractivity contribution in [2.45, 2.75) is 44.7 Å². The molecule has 0 radical (unpaired) electrons. The largest absolute Gasteiger partial charge is 0.481 e. The quantitative estimate of drug-likeness (QED) is 0.605. The third-order valence-corrected chi connectivity index (χ3v) is 3.15. The van der Waals surface area contributed by atoms with Crippen LogP contribution in [0.2, 0.25) is 0 Å². The minimum Gasteiger partial charge on any atom is -0.481 e. The van der Waals surface area contributed by atoms with Gasteiger partial charge in [-0.2, -0.15) is 0 Å². The topological polar surface area (TPSA) is 92.4 Å². The summed E-state index contributed by atoms with van der Waals surface area (Å²) in [4.78, 5) is 22.0. The molecule has 1 aliphatic rings. The van der Waals surface area contributed by atoms with Gasteiger partial charge in [-0.1, -0.05) is 6.92 Å². The summed E-state index contributed by atoms with van der Waals surface area (Å²) in [6.45, 7) is 3.96. The molecule has 15 heavy (non-hydrogen) atoms. The number of hydrogen-bond acceptors (Lipinski definition) is 3. The molecule has 1 aliphatic carbocycles. The first kappa shape index (κ1) is 12.0. The fraction of sp³-hybridized carbons (Fsp3) is 0.800. The Hall–Kier alpha value is -1.10. The van der Waals surface area contributed by atoms with E-state index in [2.05, 4.69) is 5.32 Å². The Labute approximate surface area is 89.0 Å². The Bertz CT molecular complexity index is 272. The molecule has 1 atom stereocenters. The maximum Gasteiger partial charge on any atom is 0.306 e. The number of amides is 1. The van der Waals surface area contributed by atoms with E-state index in [1.54, 1.807) is 0 Å².